The summed E-state index contributed by atoms with van der Waals surface area (Å²) in [4.78, 5) is 37.2. The first-order valence-electron chi connectivity index (χ1n) is 11.9. The number of anilines is 1. The molecule has 0 aliphatic heterocycles. The van der Waals surface area contributed by atoms with E-state index >= 15 is 0 Å². The third-order valence-electron chi connectivity index (χ3n) is 5.88. The Kier molecular flexibility index (Phi) is 7.75. The first-order valence-corrected chi connectivity index (χ1v) is 11.9. The maximum absolute atomic E-state index is 13.2. The van der Waals surface area contributed by atoms with Crippen LogP contribution in [0.15, 0.2) is 83.7 Å². The predicted octanol–water partition coefficient (Wildman–Crippen LogP) is 4.43. The highest BCUT2D eigenvalue weighted by molar-refractivity contribution is 6.10. The zero-order valence-corrected chi connectivity index (χ0v) is 20.1. The highest BCUT2D eigenvalue weighted by Crippen LogP contribution is 2.15. The Morgan fingerprint density at radius 1 is 0.861 bits per heavy atom. The molecular weight excluding hydrogens is 456 g/mol. The lowest BCUT2D eigenvalue weighted by Gasteiger charge is -2.09. The van der Waals surface area contributed by atoms with Gasteiger partial charge in [-0.3, -0.25) is 9.36 Å². The summed E-state index contributed by atoms with van der Waals surface area (Å²) in [6.45, 7) is 2.88. The minimum absolute atomic E-state index is 0.0573. The van der Waals surface area contributed by atoms with Crippen LogP contribution < -0.4 is 11.0 Å². The number of unbranched alkanes of at least 4 members (excludes halogenated alkanes) is 1. The number of aryl methyl sites for hydroxylation is 1. The summed E-state index contributed by atoms with van der Waals surface area (Å²) in [5.41, 5.74) is 2.30. The molecule has 3 aromatic carbocycles. The van der Waals surface area contributed by atoms with Gasteiger partial charge in [-0.15, -0.1) is 0 Å². The molecular formula is C28H28N4O4. The van der Waals surface area contributed by atoms with Gasteiger partial charge in [0.05, 0.1) is 24.2 Å². The van der Waals surface area contributed by atoms with Gasteiger partial charge in [-0.05, 0) is 41.8 Å². The van der Waals surface area contributed by atoms with Crippen LogP contribution >= 0.6 is 0 Å². The number of hydrogen-bond acceptors (Lipinski definition) is 4. The molecule has 0 aliphatic carbocycles. The van der Waals surface area contributed by atoms with E-state index in [2.05, 4.69) is 17.3 Å². The predicted molar refractivity (Wildman–Crippen MR) is 138 cm³/mol. The molecule has 1 heterocycles. The third-order valence-corrected chi connectivity index (χ3v) is 5.88. The number of hydrogen-bond donors (Lipinski definition) is 2. The Morgan fingerprint density at radius 2 is 1.50 bits per heavy atom. The van der Waals surface area contributed by atoms with Gasteiger partial charge < -0.3 is 10.4 Å². The second-order valence-corrected chi connectivity index (χ2v) is 8.53. The zero-order valence-electron chi connectivity index (χ0n) is 20.1. The van der Waals surface area contributed by atoms with E-state index in [1.807, 2.05) is 42.5 Å². The summed E-state index contributed by atoms with van der Waals surface area (Å²) in [7, 11) is 0. The minimum atomic E-state index is -1.16. The summed E-state index contributed by atoms with van der Waals surface area (Å²) in [6, 6.07) is 23.0. The quantitative estimate of drug-likeness (QED) is 0.346. The number of carboxylic acid groups (broad SMARTS) is 1. The van der Waals surface area contributed by atoms with Crippen LogP contribution in [-0.4, -0.2) is 31.3 Å². The van der Waals surface area contributed by atoms with Gasteiger partial charge in [-0.2, -0.15) is 5.10 Å². The van der Waals surface area contributed by atoms with Crippen molar-refractivity contribution >= 4 is 17.6 Å². The van der Waals surface area contributed by atoms with Crippen LogP contribution in [-0.2, 0) is 19.5 Å². The topological polar surface area (TPSA) is 106 Å². The summed E-state index contributed by atoms with van der Waals surface area (Å²) in [5, 5.41) is 16.7. The molecule has 0 atom stereocenters. The number of aromatic carboxylic acids is 1. The summed E-state index contributed by atoms with van der Waals surface area (Å²) in [5.74, 6) is -0.908. The molecule has 1 amide bonds. The molecule has 36 heavy (non-hydrogen) atoms. The first kappa shape index (κ1) is 24.7. The van der Waals surface area contributed by atoms with Gasteiger partial charge in [0, 0.05) is 12.1 Å². The largest absolute Gasteiger partial charge is 0.478 e. The molecule has 8 heteroatoms. The molecule has 0 aliphatic rings. The monoisotopic (exact) mass is 484 g/mol. The molecule has 0 saturated carbocycles. The zero-order chi connectivity index (χ0) is 25.5. The second-order valence-electron chi connectivity index (χ2n) is 8.53. The number of carboxylic acids is 1. The van der Waals surface area contributed by atoms with E-state index in [1.54, 1.807) is 28.8 Å². The average Bonchev–Trinajstić information content (AvgIpc) is 3.18. The Labute approximate surface area is 208 Å². The molecule has 0 saturated heterocycles. The van der Waals surface area contributed by atoms with Crippen LogP contribution in [0.1, 0.15) is 57.4 Å². The van der Waals surface area contributed by atoms with Crippen molar-refractivity contribution in [2.75, 3.05) is 5.32 Å². The van der Waals surface area contributed by atoms with Gasteiger partial charge in [0.15, 0.2) is 0 Å². The van der Waals surface area contributed by atoms with Crippen LogP contribution in [0.5, 0.6) is 0 Å². The van der Waals surface area contributed by atoms with E-state index in [-0.39, 0.29) is 16.8 Å². The second kappa shape index (κ2) is 11.3. The average molecular weight is 485 g/mol. The fourth-order valence-corrected chi connectivity index (χ4v) is 3.97. The lowest BCUT2D eigenvalue weighted by molar-refractivity contribution is 0.0692. The molecule has 0 radical (unpaired) electrons. The summed E-state index contributed by atoms with van der Waals surface area (Å²) < 4.78 is 3.21. The lowest BCUT2D eigenvalue weighted by atomic mass is 10.1. The number of aromatic nitrogens is 3. The molecule has 1 aromatic heterocycles. The standard InChI is InChI=1S/C28H28N4O4/c1-2-3-13-25-30-32(19-20-9-5-4-6-10-20)28(36)31(25)18-21-14-16-22(17-15-21)29-26(33)23-11-7-8-12-24(23)27(34)35/h4-12,14-17H,2-3,13,18-19H2,1H3,(H,29,33)(H,34,35). The molecule has 0 spiro atoms. The van der Waals surface area contributed by atoms with Crippen molar-refractivity contribution in [3.63, 3.8) is 0 Å². The van der Waals surface area contributed by atoms with Gasteiger partial charge in [0.1, 0.15) is 5.82 Å². The first-order chi connectivity index (χ1) is 17.5. The van der Waals surface area contributed by atoms with Crippen molar-refractivity contribution in [3.8, 4) is 0 Å². The number of carbonyl (C=O) groups is 2. The molecule has 2 N–H and O–H groups in total. The summed E-state index contributed by atoms with van der Waals surface area (Å²) in [6.07, 6.45) is 2.65. The molecule has 184 valence electrons. The maximum atomic E-state index is 13.2. The van der Waals surface area contributed by atoms with Crippen LogP contribution in [0, 0.1) is 0 Å². The molecule has 0 fully saturated rings. The number of amides is 1. The van der Waals surface area contributed by atoms with Crippen molar-refractivity contribution < 1.29 is 14.7 Å². The van der Waals surface area contributed by atoms with E-state index in [9.17, 15) is 19.5 Å². The van der Waals surface area contributed by atoms with Gasteiger partial charge in [-0.1, -0.05) is 67.9 Å². The maximum Gasteiger partial charge on any atom is 0.346 e. The minimum Gasteiger partial charge on any atom is -0.478 e. The number of benzene rings is 3. The van der Waals surface area contributed by atoms with Crippen molar-refractivity contribution in [2.45, 2.75) is 39.3 Å². The fourth-order valence-electron chi connectivity index (χ4n) is 3.97. The highest BCUT2D eigenvalue weighted by atomic mass is 16.4. The van der Waals surface area contributed by atoms with Crippen LogP contribution in [0.2, 0.25) is 0 Å². The van der Waals surface area contributed by atoms with E-state index in [0.717, 1.165) is 29.8 Å². The Balaban J connectivity index is 1.52. The SMILES string of the molecule is CCCCc1nn(Cc2ccccc2)c(=O)n1Cc1ccc(NC(=O)c2ccccc2C(=O)O)cc1. The molecule has 8 nitrogen and oxygen atoms in total. The number of nitrogens with one attached hydrogen (secondary N) is 1. The lowest BCUT2D eigenvalue weighted by Crippen LogP contribution is -2.26. The molecule has 0 bridgehead atoms. The Hall–Kier alpha value is -4.46. The molecule has 4 aromatic rings. The molecule has 4 rings (SSSR count). The van der Waals surface area contributed by atoms with Gasteiger partial charge >= 0.3 is 11.7 Å². The fraction of sp³-hybridized carbons (Fsp3) is 0.214. The van der Waals surface area contributed by atoms with Crippen LogP contribution in [0.4, 0.5) is 5.69 Å². The Bertz CT molecular complexity index is 1410. The van der Waals surface area contributed by atoms with Crippen molar-refractivity contribution in [1.82, 2.24) is 14.3 Å². The third kappa shape index (κ3) is 5.78. The van der Waals surface area contributed by atoms with Crippen LogP contribution in [0.3, 0.4) is 0 Å². The number of rotatable bonds is 10. The molecule has 0 unspecified atom stereocenters. The van der Waals surface area contributed by atoms with Crippen molar-refractivity contribution in [1.29, 1.82) is 0 Å². The van der Waals surface area contributed by atoms with Crippen molar-refractivity contribution in [3.05, 3.63) is 117 Å². The van der Waals surface area contributed by atoms with E-state index in [1.165, 1.54) is 16.8 Å². The normalized spacial score (nSPS) is 10.8. The van der Waals surface area contributed by atoms with E-state index in [4.69, 9.17) is 0 Å². The van der Waals surface area contributed by atoms with E-state index in [0.29, 0.717) is 25.2 Å². The summed E-state index contributed by atoms with van der Waals surface area (Å²) >= 11 is 0. The Morgan fingerprint density at radius 3 is 2.17 bits per heavy atom. The number of nitrogens with zero attached hydrogens (tertiary/aromatic N) is 3. The van der Waals surface area contributed by atoms with Gasteiger partial charge in [0.2, 0.25) is 0 Å². The van der Waals surface area contributed by atoms with E-state index < -0.39 is 11.9 Å². The van der Waals surface area contributed by atoms with Crippen LogP contribution in [0.25, 0.3) is 0 Å². The van der Waals surface area contributed by atoms with Gasteiger partial charge in [-0.25, -0.2) is 14.3 Å². The number of carbonyl (C=O) groups excluding carboxylic acids is 1. The highest BCUT2D eigenvalue weighted by Gasteiger charge is 2.17. The van der Waals surface area contributed by atoms with Gasteiger partial charge in [0.25, 0.3) is 5.91 Å². The smallest absolute Gasteiger partial charge is 0.346 e. The van der Waals surface area contributed by atoms with Crippen molar-refractivity contribution in [2.24, 2.45) is 0 Å².